The Bertz CT molecular complexity index is 2500. The number of rotatable bonds is 5. The quantitative estimate of drug-likeness (QED) is 0.196. The van der Waals surface area contributed by atoms with Crippen LogP contribution in [-0.4, -0.2) is 9.97 Å². The molecule has 1 heterocycles. The van der Waals surface area contributed by atoms with Gasteiger partial charge in [-0.15, -0.1) is 0 Å². The van der Waals surface area contributed by atoms with E-state index in [-0.39, 0.29) is 11.4 Å². The molecule has 0 spiro atoms. The third kappa shape index (κ3) is 4.00. The summed E-state index contributed by atoms with van der Waals surface area (Å²) in [6, 6.07) is 36.7. The Morgan fingerprint density at radius 3 is 1.72 bits per heavy atom. The SMILES string of the molecule is Cc1ccc(N(C2=CC=C(c3cc4c(-c5ccc6c7c(cccc57)-c5nc(C#N)c(C#N)nc5-6)cc3=4)CC2)c2ccc(C)cc2)cc1. The van der Waals surface area contributed by atoms with Crippen molar-refractivity contribution in [2.75, 3.05) is 4.90 Å². The summed E-state index contributed by atoms with van der Waals surface area (Å²) in [6.07, 6.45) is 6.54. The van der Waals surface area contributed by atoms with Gasteiger partial charge in [0.15, 0.2) is 11.4 Å². The summed E-state index contributed by atoms with van der Waals surface area (Å²) in [5.41, 5.74) is 14.7. The molecule has 0 atom stereocenters. The van der Waals surface area contributed by atoms with Crippen molar-refractivity contribution in [3.05, 3.63) is 147 Å². The second kappa shape index (κ2) is 10.1. The first kappa shape index (κ1) is 27.0. The highest BCUT2D eigenvalue weighted by molar-refractivity contribution is 6.17. The molecule has 5 heteroatoms. The molecule has 0 unspecified atom stereocenters. The van der Waals surface area contributed by atoms with Crippen molar-refractivity contribution >= 4 is 27.7 Å². The van der Waals surface area contributed by atoms with Gasteiger partial charge in [-0.3, -0.25) is 0 Å². The second-order valence-electron chi connectivity index (χ2n) is 12.5. The Kier molecular flexibility index (Phi) is 5.82. The number of aromatic nitrogens is 2. The average Bonchev–Trinajstić information content (AvgIpc) is 3.41. The number of benzene rings is 5. The number of aryl methyl sites for hydroxylation is 2. The minimum atomic E-state index is 0.0666. The lowest BCUT2D eigenvalue weighted by atomic mass is 9.82. The molecule has 5 nitrogen and oxygen atoms in total. The van der Waals surface area contributed by atoms with Gasteiger partial charge in [0.25, 0.3) is 0 Å². The van der Waals surface area contributed by atoms with E-state index in [4.69, 9.17) is 0 Å². The van der Waals surface area contributed by atoms with Gasteiger partial charge < -0.3 is 4.90 Å². The molecule has 4 aromatic carbocycles. The molecule has 0 radical (unpaired) electrons. The van der Waals surface area contributed by atoms with E-state index in [1.807, 2.05) is 24.3 Å². The molecular formula is C42H27N5. The van der Waals surface area contributed by atoms with Gasteiger partial charge in [0.1, 0.15) is 12.1 Å². The third-order valence-corrected chi connectivity index (χ3v) is 9.74. The topological polar surface area (TPSA) is 76.6 Å². The van der Waals surface area contributed by atoms with Gasteiger partial charge >= 0.3 is 0 Å². The molecule has 0 aliphatic heterocycles. The van der Waals surface area contributed by atoms with Crippen molar-refractivity contribution in [3.63, 3.8) is 0 Å². The molecule has 1 aromatic heterocycles. The van der Waals surface area contributed by atoms with Crippen LogP contribution in [0.1, 0.15) is 40.9 Å². The number of anilines is 2. The fraction of sp³-hybridized carbons (Fsp3) is 0.0952. The first-order valence-corrected chi connectivity index (χ1v) is 15.8. The fourth-order valence-corrected chi connectivity index (χ4v) is 7.29. The van der Waals surface area contributed by atoms with Crippen LogP contribution in [0, 0.1) is 46.9 Å². The standard InChI is InChI=1S/C42H27N5/c1-24-6-12-27(13-7-24)47(28-14-8-25(2)9-15-28)29-16-10-26(11-17-29)34-20-37-35(21-36(34)37)30-18-19-33-40-31(30)4-3-5-32(40)41-42(33)46-39(23-44)38(22-43)45-41/h3-10,12-16,18-21H,11,17H2,1-2H3. The van der Waals surface area contributed by atoms with Gasteiger partial charge in [0, 0.05) is 33.6 Å². The Morgan fingerprint density at radius 1 is 0.596 bits per heavy atom. The van der Waals surface area contributed by atoms with Crippen LogP contribution in [0.3, 0.4) is 0 Å². The van der Waals surface area contributed by atoms with Crippen molar-refractivity contribution in [3.8, 4) is 45.8 Å². The summed E-state index contributed by atoms with van der Waals surface area (Å²) in [5, 5.41) is 23.9. The number of hydrogen-bond donors (Lipinski definition) is 0. The van der Waals surface area contributed by atoms with Crippen LogP contribution in [0.2, 0.25) is 0 Å². The van der Waals surface area contributed by atoms with E-state index in [0.717, 1.165) is 34.7 Å². The van der Waals surface area contributed by atoms with Crippen LogP contribution >= 0.6 is 0 Å². The second-order valence-corrected chi connectivity index (χ2v) is 12.5. The third-order valence-electron chi connectivity index (χ3n) is 9.74. The molecule has 0 fully saturated rings. The molecule has 0 N–H and O–H groups in total. The summed E-state index contributed by atoms with van der Waals surface area (Å²) in [6.45, 7) is 4.25. The fourth-order valence-electron chi connectivity index (χ4n) is 7.29. The van der Waals surface area contributed by atoms with Crippen molar-refractivity contribution in [2.24, 2.45) is 0 Å². The predicted molar refractivity (Wildman–Crippen MR) is 186 cm³/mol. The lowest BCUT2D eigenvalue weighted by Crippen LogP contribution is -2.18. The summed E-state index contributed by atoms with van der Waals surface area (Å²) in [4.78, 5) is 11.5. The highest BCUT2D eigenvalue weighted by atomic mass is 15.1. The minimum absolute atomic E-state index is 0.0666. The summed E-state index contributed by atoms with van der Waals surface area (Å²) >= 11 is 0. The normalized spacial score (nSPS) is 13.4. The number of nitrogens with zero attached hydrogens (tertiary/aromatic N) is 5. The van der Waals surface area contributed by atoms with Gasteiger partial charge in [0.2, 0.25) is 0 Å². The first-order valence-electron chi connectivity index (χ1n) is 15.8. The summed E-state index contributed by atoms with van der Waals surface area (Å²) < 4.78 is 0. The number of hydrogen-bond acceptors (Lipinski definition) is 5. The van der Waals surface area contributed by atoms with Crippen molar-refractivity contribution in [1.29, 1.82) is 10.5 Å². The van der Waals surface area contributed by atoms with Gasteiger partial charge in [-0.1, -0.05) is 71.8 Å². The minimum Gasteiger partial charge on any atom is -0.314 e. The maximum atomic E-state index is 9.54. The average molecular weight is 602 g/mol. The lowest BCUT2D eigenvalue weighted by molar-refractivity contribution is 0.927. The van der Waals surface area contributed by atoms with Crippen LogP contribution in [0.5, 0.6) is 0 Å². The molecule has 0 saturated heterocycles. The van der Waals surface area contributed by atoms with Crippen LogP contribution in [0.25, 0.3) is 50.0 Å². The van der Waals surface area contributed by atoms with Gasteiger partial charge in [-0.2, -0.15) is 10.5 Å². The largest absolute Gasteiger partial charge is 0.314 e. The number of fused-ring (bicyclic) bond motifs is 3. The van der Waals surface area contributed by atoms with Crippen molar-refractivity contribution < 1.29 is 0 Å². The molecule has 0 saturated carbocycles. The highest BCUT2D eigenvalue weighted by Gasteiger charge is 2.29. The van der Waals surface area contributed by atoms with E-state index in [2.05, 4.69) is 120 Å². The molecule has 4 aliphatic rings. The maximum Gasteiger partial charge on any atom is 0.177 e. The zero-order chi connectivity index (χ0) is 31.8. The van der Waals surface area contributed by atoms with Gasteiger partial charge in [0.05, 0.1) is 11.4 Å². The lowest BCUT2D eigenvalue weighted by Gasteiger charge is -2.30. The van der Waals surface area contributed by atoms with Gasteiger partial charge in [-0.05, 0) is 107 Å². The molecule has 0 amide bonds. The number of nitriles is 2. The maximum absolute atomic E-state index is 9.54. The van der Waals surface area contributed by atoms with Crippen molar-refractivity contribution in [2.45, 2.75) is 26.7 Å². The Morgan fingerprint density at radius 2 is 1.17 bits per heavy atom. The van der Waals surface area contributed by atoms with E-state index >= 15 is 0 Å². The first-order chi connectivity index (χ1) is 23.0. The highest BCUT2D eigenvalue weighted by Crippen LogP contribution is 2.49. The molecule has 5 aromatic rings. The van der Waals surface area contributed by atoms with E-state index in [1.54, 1.807) is 0 Å². The van der Waals surface area contributed by atoms with E-state index < -0.39 is 0 Å². The van der Waals surface area contributed by atoms with Crippen LogP contribution in [0.4, 0.5) is 11.4 Å². The Labute approximate surface area is 272 Å². The summed E-state index contributed by atoms with van der Waals surface area (Å²) in [7, 11) is 0. The van der Waals surface area contributed by atoms with Crippen molar-refractivity contribution in [1.82, 2.24) is 9.97 Å². The molecular weight excluding hydrogens is 574 g/mol. The van der Waals surface area contributed by atoms with Crippen LogP contribution in [0.15, 0.2) is 109 Å². The zero-order valence-electron chi connectivity index (χ0n) is 26.0. The number of allylic oxidation sites excluding steroid dienone is 4. The predicted octanol–water partition coefficient (Wildman–Crippen LogP) is 9.80. The smallest absolute Gasteiger partial charge is 0.177 e. The molecule has 220 valence electrons. The van der Waals surface area contributed by atoms with Crippen LogP contribution in [-0.2, 0) is 0 Å². The Balaban J connectivity index is 1.06. The molecule has 47 heavy (non-hydrogen) atoms. The zero-order valence-corrected chi connectivity index (χ0v) is 26.0. The van der Waals surface area contributed by atoms with E-state index in [9.17, 15) is 10.5 Å². The monoisotopic (exact) mass is 601 g/mol. The Hall–Kier alpha value is -6.30. The molecule has 0 bridgehead atoms. The van der Waals surface area contributed by atoms with Crippen LogP contribution < -0.4 is 4.90 Å². The molecule has 9 rings (SSSR count). The van der Waals surface area contributed by atoms with E-state index in [1.165, 1.54) is 60.9 Å². The van der Waals surface area contributed by atoms with Gasteiger partial charge in [-0.25, -0.2) is 9.97 Å². The summed E-state index contributed by atoms with van der Waals surface area (Å²) in [5.74, 6) is 0. The van der Waals surface area contributed by atoms with E-state index in [0.29, 0.717) is 11.4 Å². The molecule has 4 aliphatic carbocycles.